The number of carboxylic acids is 2. The van der Waals surface area contributed by atoms with Gasteiger partial charge in [-0.3, -0.25) is 9.59 Å². The Kier molecular flexibility index (Phi) is 4.86. The lowest BCUT2D eigenvalue weighted by Gasteiger charge is -2.49. The lowest BCUT2D eigenvalue weighted by atomic mass is 9.53. The van der Waals surface area contributed by atoms with Crippen LogP contribution in [0.2, 0.25) is 0 Å². The lowest BCUT2D eigenvalue weighted by Crippen LogP contribution is -2.49. The smallest absolute Gasteiger partial charge is 0.311 e. The van der Waals surface area contributed by atoms with E-state index in [4.69, 9.17) is 9.47 Å². The van der Waals surface area contributed by atoms with Crippen LogP contribution in [0, 0.1) is 11.8 Å². The first-order chi connectivity index (χ1) is 12.4. The third kappa shape index (κ3) is 2.63. The molecule has 0 radical (unpaired) electrons. The van der Waals surface area contributed by atoms with Crippen molar-refractivity contribution < 1.29 is 29.3 Å². The maximum Gasteiger partial charge on any atom is 0.311 e. The lowest BCUT2D eigenvalue weighted by molar-refractivity contribution is -0.154. The molecule has 0 fully saturated rings. The molecule has 1 aromatic rings. The highest BCUT2D eigenvalue weighted by Crippen LogP contribution is 2.56. The second-order valence-corrected chi connectivity index (χ2v) is 7.42. The van der Waals surface area contributed by atoms with Crippen LogP contribution in [-0.4, -0.2) is 28.9 Å². The maximum atomic E-state index is 12.1. The zero-order valence-corrected chi connectivity index (χ0v) is 15.4. The fourth-order valence-corrected chi connectivity index (χ4v) is 5.10. The summed E-state index contributed by atoms with van der Waals surface area (Å²) in [7, 11) is 0. The minimum absolute atomic E-state index is 0.0996. The van der Waals surface area contributed by atoms with Gasteiger partial charge in [-0.1, -0.05) is 33.6 Å². The molecule has 0 bridgehead atoms. The first-order valence-electron chi connectivity index (χ1n) is 9.27. The monoisotopic (exact) mass is 362 g/mol. The quantitative estimate of drug-likeness (QED) is 0.800. The number of benzene rings is 1. The molecule has 2 N–H and O–H groups in total. The van der Waals surface area contributed by atoms with Gasteiger partial charge in [-0.2, -0.15) is 0 Å². The molecule has 142 valence electrons. The first-order valence-corrected chi connectivity index (χ1v) is 9.27. The van der Waals surface area contributed by atoms with Gasteiger partial charge in [0.05, 0.1) is 11.8 Å². The van der Waals surface area contributed by atoms with Crippen molar-refractivity contribution in [1.29, 1.82) is 0 Å². The number of aliphatic carboxylic acids is 2. The summed E-state index contributed by atoms with van der Waals surface area (Å²) in [4.78, 5) is 24.2. The van der Waals surface area contributed by atoms with Gasteiger partial charge in [-0.15, -0.1) is 0 Å². The fourth-order valence-electron chi connectivity index (χ4n) is 5.10. The average Bonchev–Trinajstić information content (AvgIpc) is 3.03. The van der Waals surface area contributed by atoms with Gasteiger partial charge >= 0.3 is 11.9 Å². The van der Waals surface area contributed by atoms with Crippen LogP contribution in [0.1, 0.15) is 63.5 Å². The normalized spacial score (nSPS) is 25.6. The van der Waals surface area contributed by atoms with Crippen molar-refractivity contribution >= 4 is 11.9 Å². The van der Waals surface area contributed by atoms with Gasteiger partial charge in [-0.05, 0) is 47.4 Å². The summed E-state index contributed by atoms with van der Waals surface area (Å²) >= 11 is 0. The number of hydrogen-bond acceptors (Lipinski definition) is 4. The molecule has 3 unspecified atom stereocenters. The zero-order chi connectivity index (χ0) is 19.1. The van der Waals surface area contributed by atoms with E-state index >= 15 is 0 Å². The van der Waals surface area contributed by atoms with Crippen LogP contribution in [-0.2, 0) is 15.0 Å². The second-order valence-electron chi connectivity index (χ2n) is 7.42. The highest BCUT2D eigenvalue weighted by molar-refractivity contribution is 5.86. The molecule has 3 rings (SSSR count). The van der Waals surface area contributed by atoms with Gasteiger partial charge < -0.3 is 19.7 Å². The molecule has 1 aromatic carbocycles. The van der Waals surface area contributed by atoms with Crippen LogP contribution in [0.3, 0.4) is 0 Å². The molecule has 1 heterocycles. The van der Waals surface area contributed by atoms with Crippen LogP contribution in [0.5, 0.6) is 11.5 Å². The molecule has 0 amide bonds. The number of hydrogen-bond donors (Lipinski definition) is 2. The van der Waals surface area contributed by atoms with Gasteiger partial charge in [0.1, 0.15) is 0 Å². The Morgan fingerprint density at radius 3 is 2.15 bits per heavy atom. The zero-order valence-electron chi connectivity index (χ0n) is 15.4. The SMILES string of the molecule is CCCC1(CCC)c2cc3c(cc2C(C(=O)O)C(C(=O)O)C1C)OCO3. The summed E-state index contributed by atoms with van der Waals surface area (Å²) in [6.07, 6.45) is 3.40. The van der Waals surface area contributed by atoms with E-state index in [-0.39, 0.29) is 18.1 Å². The summed E-state index contributed by atoms with van der Waals surface area (Å²) in [6, 6.07) is 3.59. The molecule has 1 aliphatic carbocycles. The Hall–Kier alpha value is -2.24. The standard InChI is InChI=1S/C20H26O6/c1-4-6-20(7-5-2)11(3)16(18(21)22)17(19(23)24)12-8-14-15(9-13(12)20)26-10-25-14/h8-9,11,16-17H,4-7,10H2,1-3H3,(H,21,22)(H,23,24). The Bertz CT molecular complexity index is 719. The largest absolute Gasteiger partial charge is 0.481 e. The Labute approximate surface area is 153 Å². The molecular formula is C20H26O6. The van der Waals surface area contributed by atoms with Crippen LogP contribution in [0.15, 0.2) is 12.1 Å². The fraction of sp³-hybridized carbons (Fsp3) is 0.600. The number of fused-ring (bicyclic) bond motifs is 2. The van der Waals surface area contributed by atoms with Crippen molar-refractivity contribution in [1.82, 2.24) is 0 Å². The van der Waals surface area contributed by atoms with Crippen molar-refractivity contribution in [2.75, 3.05) is 6.79 Å². The third-order valence-electron chi connectivity index (χ3n) is 6.13. The minimum Gasteiger partial charge on any atom is -0.481 e. The third-order valence-corrected chi connectivity index (χ3v) is 6.13. The predicted molar refractivity (Wildman–Crippen MR) is 94.7 cm³/mol. The molecule has 0 spiro atoms. The van der Waals surface area contributed by atoms with Gasteiger partial charge in [-0.25, -0.2) is 0 Å². The van der Waals surface area contributed by atoms with Crippen molar-refractivity contribution in [3.63, 3.8) is 0 Å². The molecule has 0 saturated carbocycles. The summed E-state index contributed by atoms with van der Waals surface area (Å²) < 4.78 is 11.0. The van der Waals surface area contributed by atoms with Gasteiger partial charge in [0.25, 0.3) is 0 Å². The Morgan fingerprint density at radius 2 is 1.65 bits per heavy atom. The van der Waals surface area contributed by atoms with E-state index < -0.39 is 23.8 Å². The number of carbonyl (C=O) groups is 2. The van der Waals surface area contributed by atoms with Crippen molar-refractivity contribution in [2.24, 2.45) is 11.8 Å². The van der Waals surface area contributed by atoms with E-state index in [0.717, 1.165) is 31.2 Å². The molecule has 1 aliphatic heterocycles. The Morgan fingerprint density at radius 1 is 1.08 bits per heavy atom. The summed E-state index contributed by atoms with van der Waals surface area (Å²) in [5.74, 6) is -3.40. The van der Waals surface area contributed by atoms with E-state index in [2.05, 4.69) is 13.8 Å². The van der Waals surface area contributed by atoms with E-state index in [9.17, 15) is 19.8 Å². The molecule has 6 heteroatoms. The van der Waals surface area contributed by atoms with E-state index in [1.807, 2.05) is 13.0 Å². The van der Waals surface area contributed by atoms with Gasteiger partial charge in [0.2, 0.25) is 6.79 Å². The molecule has 0 saturated heterocycles. The molecular weight excluding hydrogens is 336 g/mol. The average molecular weight is 362 g/mol. The minimum atomic E-state index is -1.11. The van der Waals surface area contributed by atoms with Crippen LogP contribution < -0.4 is 9.47 Å². The second kappa shape index (κ2) is 6.82. The summed E-state index contributed by atoms with van der Waals surface area (Å²) in [5, 5.41) is 19.8. The Balaban J connectivity index is 2.31. The number of carboxylic acid groups (broad SMARTS) is 2. The van der Waals surface area contributed by atoms with Gasteiger partial charge in [0, 0.05) is 0 Å². The van der Waals surface area contributed by atoms with E-state index in [1.54, 1.807) is 6.07 Å². The highest BCUT2D eigenvalue weighted by Gasteiger charge is 2.54. The molecule has 3 atom stereocenters. The van der Waals surface area contributed by atoms with Crippen molar-refractivity contribution in [2.45, 2.75) is 57.8 Å². The molecule has 26 heavy (non-hydrogen) atoms. The summed E-state index contributed by atoms with van der Waals surface area (Å²) in [5.41, 5.74) is 1.10. The van der Waals surface area contributed by atoms with E-state index in [1.165, 1.54) is 0 Å². The number of ether oxygens (including phenoxy) is 2. The van der Waals surface area contributed by atoms with Crippen molar-refractivity contribution in [3.8, 4) is 11.5 Å². The summed E-state index contributed by atoms with van der Waals surface area (Å²) in [6.45, 7) is 6.15. The maximum absolute atomic E-state index is 12.1. The number of rotatable bonds is 6. The van der Waals surface area contributed by atoms with Crippen molar-refractivity contribution in [3.05, 3.63) is 23.3 Å². The molecule has 2 aliphatic rings. The molecule has 6 nitrogen and oxygen atoms in total. The van der Waals surface area contributed by atoms with Crippen LogP contribution in [0.25, 0.3) is 0 Å². The topological polar surface area (TPSA) is 93.1 Å². The first kappa shape index (κ1) is 18.5. The molecule has 0 aromatic heterocycles. The van der Waals surface area contributed by atoms with Crippen LogP contribution in [0.4, 0.5) is 0 Å². The van der Waals surface area contributed by atoms with E-state index in [0.29, 0.717) is 17.1 Å². The van der Waals surface area contributed by atoms with Gasteiger partial charge in [0.15, 0.2) is 11.5 Å². The highest BCUT2D eigenvalue weighted by atomic mass is 16.7. The van der Waals surface area contributed by atoms with Crippen LogP contribution >= 0.6 is 0 Å². The predicted octanol–water partition coefficient (Wildman–Crippen LogP) is 3.77.